The van der Waals surface area contributed by atoms with Crippen molar-refractivity contribution >= 4 is 15.9 Å². The predicted molar refractivity (Wildman–Crippen MR) is 116 cm³/mol. The molecule has 0 aliphatic heterocycles. The molecule has 0 aliphatic carbocycles. The van der Waals surface area contributed by atoms with Gasteiger partial charge in [-0.3, -0.25) is 4.79 Å². The molecule has 0 aromatic heterocycles. The molecule has 0 spiro atoms. The molecule has 164 valence electrons. The molecule has 1 amide bonds. The van der Waals surface area contributed by atoms with E-state index in [9.17, 15) is 13.2 Å². The second-order valence-electron chi connectivity index (χ2n) is 7.72. The Morgan fingerprint density at radius 2 is 1.47 bits per heavy atom. The lowest BCUT2D eigenvalue weighted by Gasteiger charge is -2.19. The summed E-state index contributed by atoms with van der Waals surface area (Å²) in [5.41, 5.74) is 1.01. The Labute approximate surface area is 178 Å². The number of carbonyl (C=O) groups is 1. The molecule has 2 aromatic rings. The molecule has 0 bridgehead atoms. The summed E-state index contributed by atoms with van der Waals surface area (Å²) in [6.45, 7) is 8.76. The fraction of sp³-hybridized carbons (Fsp3) is 0.409. The Morgan fingerprint density at radius 3 is 2.00 bits per heavy atom. The number of sulfonamides is 1. The van der Waals surface area contributed by atoms with Crippen molar-refractivity contribution in [1.29, 1.82) is 0 Å². The lowest BCUT2D eigenvalue weighted by atomic mass is 9.87. The zero-order valence-electron chi connectivity index (χ0n) is 17.9. The molecule has 0 saturated carbocycles. The van der Waals surface area contributed by atoms with Gasteiger partial charge in [0.1, 0.15) is 11.5 Å². The van der Waals surface area contributed by atoms with Crippen molar-refractivity contribution in [2.75, 3.05) is 26.3 Å². The summed E-state index contributed by atoms with van der Waals surface area (Å²) in [7, 11) is -3.63. The minimum Gasteiger partial charge on any atom is -0.494 e. The Kier molecular flexibility index (Phi) is 8.25. The molecule has 2 N–H and O–H groups in total. The third-order valence-corrected chi connectivity index (χ3v) is 5.75. The largest absolute Gasteiger partial charge is 0.494 e. The molecule has 8 heteroatoms. The van der Waals surface area contributed by atoms with E-state index in [0.717, 1.165) is 11.3 Å². The third kappa shape index (κ3) is 7.35. The zero-order chi connectivity index (χ0) is 22.2. The maximum absolute atomic E-state index is 12.4. The van der Waals surface area contributed by atoms with Crippen molar-refractivity contribution in [2.24, 2.45) is 0 Å². The Morgan fingerprint density at radius 1 is 0.900 bits per heavy atom. The molecule has 0 heterocycles. The van der Waals surface area contributed by atoms with E-state index < -0.39 is 10.0 Å². The van der Waals surface area contributed by atoms with E-state index >= 15 is 0 Å². The van der Waals surface area contributed by atoms with Gasteiger partial charge in [-0.15, -0.1) is 0 Å². The second-order valence-corrected chi connectivity index (χ2v) is 9.48. The smallest absolute Gasteiger partial charge is 0.257 e. The highest BCUT2D eigenvalue weighted by Gasteiger charge is 2.17. The summed E-state index contributed by atoms with van der Waals surface area (Å²) >= 11 is 0. The summed E-state index contributed by atoms with van der Waals surface area (Å²) < 4.78 is 38.0. The molecule has 0 atom stereocenters. The zero-order valence-corrected chi connectivity index (χ0v) is 18.7. The first-order chi connectivity index (χ1) is 14.1. The molecule has 2 rings (SSSR count). The van der Waals surface area contributed by atoms with Crippen LogP contribution < -0.4 is 19.5 Å². The summed E-state index contributed by atoms with van der Waals surface area (Å²) in [5.74, 6) is 0.945. The highest BCUT2D eigenvalue weighted by atomic mass is 32.2. The number of benzene rings is 2. The standard InChI is InChI=1S/C22H30N2O5S/c1-5-28-18-8-10-19(11-9-18)29-16-21(25)23-14-15-24-30(26,27)20-12-6-17(7-13-20)22(2,3)4/h6-13,24H,5,14-16H2,1-4H3,(H,23,25). The average molecular weight is 435 g/mol. The summed E-state index contributed by atoms with van der Waals surface area (Å²) in [6.07, 6.45) is 0. The predicted octanol–water partition coefficient (Wildman–Crippen LogP) is 2.86. The van der Waals surface area contributed by atoms with Crippen molar-refractivity contribution in [3.8, 4) is 11.5 Å². The van der Waals surface area contributed by atoms with Gasteiger partial charge in [-0.25, -0.2) is 13.1 Å². The average Bonchev–Trinajstić information content (AvgIpc) is 2.70. The lowest BCUT2D eigenvalue weighted by molar-refractivity contribution is -0.123. The molecule has 7 nitrogen and oxygen atoms in total. The number of nitrogens with one attached hydrogen (secondary N) is 2. The number of hydrogen-bond donors (Lipinski definition) is 2. The summed E-state index contributed by atoms with van der Waals surface area (Å²) in [6, 6.07) is 13.8. The molecular formula is C22H30N2O5S. The van der Waals surface area contributed by atoms with Crippen LogP contribution in [0.3, 0.4) is 0 Å². The Hall–Kier alpha value is -2.58. The highest BCUT2D eigenvalue weighted by Crippen LogP contribution is 2.23. The van der Waals surface area contributed by atoms with Gasteiger partial charge in [-0.1, -0.05) is 32.9 Å². The van der Waals surface area contributed by atoms with Gasteiger partial charge in [-0.05, 0) is 54.3 Å². The van der Waals surface area contributed by atoms with Crippen LogP contribution >= 0.6 is 0 Å². The molecule has 30 heavy (non-hydrogen) atoms. The SMILES string of the molecule is CCOc1ccc(OCC(=O)NCCNS(=O)(=O)c2ccc(C(C)(C)C)cc2)cc1. The Balaban J connectivity index is 1.73. The maximum atomic E-state index is 12.4. The van der Waals surface area contributed by atoms with Gasteiger partial charge >= 0.3 is 0 Å². The number of carbonyl (C=O) groups excluding carboxylic acids is 1. The summed E-state index contributed by atoms with van der Waals surface area (Å²) in [4.78, 5) is 12.1. The third-order valence-electron chi connectivity index (χ3n) is 4.27. The van der Waals surface area contributed by atoms with Gasteiger partial charge in [0, 0.05) is 13.1 Å². The van der Waals surface area contributed by atoms with Crippen LogP contribution in [0.4, 0.5) is 0 Å². The van der Waals surface area contributed by atoms with Gasteiger partial charge in [-0.2, -0.15) is 0 Å². The van der Waals surface area contributed by atoms with Crippen LogP contribution in [-0.4, -0.2) is 40.6 Å². The van der Waals surface area contributed by atoms with Gasteiger partial charge in [0.25, 0.3) is 5.91 Å². The monoisotopic (exact) mass is 434 g/mol. The van der Waals surface area contributed by atoms with Crippen molar-refractivity contribution in [3.05, 3.63) is 54.1 Å². The lowest BCUT2D eigenvalue weighted by Crippen LogP contribution is -2.36. The van der Waals surface area contributed by atoms with Crippen LogP contribution in [0, 0.1) is 0 Å². The fourth-order valence-electron chi connectivity index (χ4n) is 2.60. The van der Waals surface area contributed by atoms with E-state index in [0.29, 0.717) is 12.4 Å². The van der Waals surface area contributed by atoms with Crippen molar-refractivity contribution < 1.29 is 22.7 Å². The van der Waals surface area contributed by atoms with E-state index in [1.165, 1.54) is 0 Å². The minimum absolute atomic E-state index is 0.0482. The number of hydrogen-bond acceptors (Lipinski definition) is 5. The van der Waals surface area contributed by atoms with Crippen LogP contribution in [-0.2, 0) is 20.2 Å². The first-order valence-electron chi connectivity index (χ1n) is 9.84. The highest BCUT2D eigenvalue weighted by molar-refractivity contribution is 7.89. The number of ether oxygens (including phenoxy) is 2. The number of amides is 1. The van der Waals surface area contributed by atoms with Crippen LogP contribution in [0.5, 0.6) is 11.5 Å². The molecule has 0 aliphatic rings. The van der Waals surface area contributed by atoms with E-state index in [1.54, 1.807) is 36.4 Å². The van der Waals surface area contributed by atoms with E-state index in [1.807, 2.05) is 19.1 Å². The van der Waals surface area contributed by atoms with Crippen LogP contribution in [0.1, 0.15) is 33.3 Å². The molecule has 0 unspecified atom stereocenters. The van der Waals surface area contributed by atoms with Gasteiger partial charge < -0.3 is 14.8 Å². The molecule has 0 saturated heterocycles. The minimum atomic E-state index is -3.63. The van der Waals surface area contributed by atoms with Crippen molar-refractivity contribution in [2.45, 2.75) is 38.0 Å². The van der Waals surface area contributed by atoms with Gasteiger partial charge in [0.15, 0.2) is 6.61 Å². The summed E-state index contributed by atoms with van der Waals surface area (Å²) in [5, 5.41) is 2.62. The maximum Gasteiger partial charge on any atom is 0.257 e. The van der Waals surface area contributed by atoms with E-state index in [2.05, 4.69) is 30.8 Å². The molecule has 0 radical (unpaired) electrons. The molecule has 0 fully saturated rings. The first kappa shape index (κ1) is 23.7. The quantitative estimate of drug-likeness (QED) is 0.561. The van der Waals surface area contributed by atoms with Crippen LogP contribution in [0.25, 0.3) is 0 Å². The van der Waals surface area contributed by atoms with Crippen molar-refractivity contribution in [1.82, 2.24) is 10.0 Å². The van der Waals surface area contributed by atoms with Crippen LogP contribution in [0.15, 0.2) is 53.4 Å². The molecular weight excluding hydrogens is 404 g/mol. The number of rotatable bonds is 10. The first-order valence-corrected chi connectivity index (χ1v) is 11.3. The van der Waals surface area contributed by atoms with Gasteiger partial charge in [0.2, 0.25) is 10.0 Å². The second kappa shape index (κ2) is 10.4. The topological polar surface area (TPSA) is 93.7 Å². The van der Waals surface area contributed by atoms with E-state index in [-0.39, 0.29) is 35.9 Å². The Bertz CT molecular complexity index is 917. The van der Waals surface area contributed by atoms with Crippen molar-refractivity contribution in [3.63, 3.8) is 0 Å². The molecule has 2 aromatic carbocycles. The fourth-order valence-corrected chi connectivity index (χ4v) is 3.64. The normalized spacial score (nSPS) is 11.7. The van der Waals surface area contributed by atoms with E-state index in [4.69, 9.17) is 9.47 Å². The van der Waals surface area contributed by atoms with Gasteiger partial charge in [0.05, 0.1) is 11.5 Å². The van der Waals surface area contributed by atoms with Crippen LogP contribution in [0.2, 0.25) is 0 Å².